The number of nitrogens with zero attached hydrogens (tertiary/aromatic N) is 2. The van der Waals surface area contributed by atoms with Crippen LogP contribution in [-0.4, -0.2) is 39.6 Å². The molecule has 0 bridgehead atoms. The minimum absolute atomic E-state index is 0.0104. The summed E-state index contributed by atoms with van der Waals surface area (Å²) in [7, 11) is 0. The van der Waals surface area contributed by atoms with Gasteiger partial charge in [0.05, 0.1) is 10.5 Å². The number of carbonyl (C=O) groups excluding carboxylic acids is 1. The zero-order chi connectivity index (χ0) is 24.2. The third-order valence-corrected chi connectivity index (χ3v) is 8.04. The van der Waals surface area contributed by atoms with Gasteiger partial charge in [-0.2, -0.15) is 0 Å². The van der Waals surface area contributed by atoms with Crippen LogP contribution < -0.4 is 4.74 Å². The number of ether oxygens (including phenoxy) is 2. The number of esters is 1. The highest BCUT2D eigenvalue weighted by molar-refractivity contribution is 6.07. The highest BCUT2D eigenvalue weighted by atomic mass is 16.6. The molecule has 3 aromatic rings. The number of nitro groups is 1. The van der Waals surface area contributed by atoms with E-state index in [2.05, 4.69) is 9.88 Å². The zero-order valence-corrected chi connectivity index (χ0v) is 19.8. The summed E-state index contributed by atoms with van der Waals surface area (Å²) in [6, 6.07) is 10.1. The molecule has 2 aromatic carbocycles. The number of nitrogens with one attached hydrogen (secondary N) is 1. The summed E-state index contributed by atoms with van der Waals surface area (Å²) in [6.07, 6.45) is 6.68. The fourth-order valence-corrected chi connectivity index (χ4v) is 6.40. The van der Waals surface area contributed by atoms with Gasteiger partial charge in [0, 0.05) is 59.7 Å². The molecule has 35 heavy (non-hydrogen) atoms. The number of aryl methyl sites for hydroxylation is 1. The molecular formula is C27H29N3O5. The van der Waals surface area contributed by atoms with Crippen LogP contribution in [0.15, 0.2) is 36.4 Å². The summed E-state index contributed by atoms with van der Waals surface area (Å²) in [5.74, 6) is 0.892. The molecule has 2 atom stereocenters. The Labute approximate surface area is 203 Å². The van der Waals surface area contributed by atoms with Crippen molar-refractivity contribution in [1.29, 1.82) is 0 Å². The van der Waals surface area contributed by atoms with Crippen molar-refractivity contribution >= 4 is 22.6 Å². The van der Waals surface area contributed by atoms with E-state index in [4.69, 9.17) is 9.47 Å². The Balaban J connectivity index is 1.32. The van der Waals surface area contributed by atoms with Crippen molar-refractivity contribution in [3.05, 3.63) is 68.9 Å². The molecule has 8 heteroatoms. The third kappa shape index (κ3) is 3.58. The number of aromatic nitrogens is 1. The average Bonchev–Trinajstić information content (AvgIpc) is 3.21. The SMILES string of the molecule is Cc1[nH]c2ccc3c(c2c1C(=O)OCc1ccc([N+](=O)[O-])cc1)CC1CCCN2CCCCC12O3. The van der Waals surface area contributed by atoms with Crippen LogP contribution in [-0.2, 0) is 17.8 Å². The number of aromatic amines is 1. The lowest BCUT2D eigenvalue weighted by molar-refractivity contribution is -0.384. The van der Waals surface area contributed by atoms with Gasteiger partial charge in [-0.05, 0) is 68.9 Å². The van der Waals surface area contributed by atoms with Crippen LogP contribution in [0, 0.1) is 23.0 Å². The van der Waals surface area contributed by atoms with Gasteiger partial charge >= 0.3 is 5.97 Å². The van der Waals surface area contributed by atoms with Crippen molar-refractivity contribution in [2.45, 2.75) is 57.8 Å². The maximum Gasteiger partial charge on any atom is 0.340 e. The summed E-state index contributed by atoms with van der Waals surface area (Å²) in [6.45, 7) is 4.13. The molecule has 1 aromatic heterocycles. The number of rotatable bonds is 4. The highest BCUT2D eigenvalue weighted by Gasteiger charge is 2.52. The van der Waals surface area contributed by atoms with Crippen molar-refractivity contribution in [3.63, 3.8) is 0 Å². The maximum absolute atomic E-state index is 13.3. The van der Waals surface area contributed by atoms with E-state index < -0.39 is 10.9 Å². The number of hydrogen-bond acceptors (Lipinski definition) is 6. The van der Waals surface area contributed by atoms with Gasteiger partial charge in [-0.15, -0.1) is 0 Å². The molecule has 4 heterocycles. The van der Waals surface area contributed by atoms with Crippen molar-refractivity contribution in [2.75, 3.05) is 13.1 Å². The van der Waals surface area contributed by atoms with Gasteiger partial charge < -0.3 is 14.5 Å². The van der Waals surface area contributed by atoms with Gasteiger partial charge in [-0.25, -0.2) is 4.79 Å². The van der Waals surface area contributed by atoms with Crippen LogP contribution in [0.25, 0.3) is 10.9 Å². The lowest BCUT2D eigenvalue weighted by atomic mass is 9.74. The smallest absolute Gasteiger partial charge is 0.340 e. The Bertz CT molecular complexity index is 1310. The van der Waals surface area contributed by atoms with Crippen LogP contribution in [0.2, 0.25) is 0 Å². The first-order chi connectivity index (χ1) is 17.0. The molecule has 0 amide bonds. The molecule has 0 aliphatic carbocycles. The van der Waals surface area contributed by atoms with Crippen LogP contribution in [0.1, 0.15) is 59.3 Å². The first-order valence-electron chi connectivity index (χ1n) is 12.4. The number of hydrogen-bond donors (Lipinski definition) is 1. The van der Waals surface area contributed by atoms with Crippen LogP contribution in [0.5, 0.6) is 5.75 Å². The van der Waals surface area contributed by atoms with E-state index in [0.717, 1.165) is 60.3 Å². The monoisotopic (exact) mass is 475 g/mol. The summed E-state index contributed by atoms with van der Waals surface area (Å²) < 4.78 is 12.5. The first kappa shape index (κ1) is 22.1. The quantitative estimate of drug-likeness (QED) is 0.314. The largest absolute Gasteiger partial charge is 0.472 e. The third-order valence-electron chi connectivity index (χ3n) is 8.04. The van der Waals surface area contributed by atoms with Crippen molar-refractivity contribution in [3.8, 4) is 5.75 Å². The molecule has 1 N–H and O–H groups in total. The Hall–Kier alpha value is -3.39. The van der Waals surface area contributed by atoms with Crippen molar-refractivity contribution in [2.24, 2.45) is 5.92 Å². The van der Waals surface area contributed by atoms with Crippen LogP contribution >= 0.6 is 0 Å². The molecular weight excluding hydrogens is 446 g/mol. The van der Waals surface area contributed by atoms with E-state index in [1.807, 2.05) is 19.1 Å². The fourth-order valence-electron chi connectivity index (χ4n) is 6.40. The maximum atomic E-state index is 13.3. The van der Waals surface area contributed by atoms with Crippen LogP contribution in [0.4, 0.5) is 5.69 Å². The standard InChI is InChI=1S/C27H29N3O5/c1-17-24(26(31)34-16-18-6-8-20(9-7-18)30(32)33)25-21-15-19-5-4-14-29-13-3-2-12-27(19,29)35-23(21)11-10-22(25)28-17/h6-11,19,28H,2-5,12-16H2,1H3. The Morgan fingerprint density at radius 1 is 1.20 bits per heavy atom. The van der Waals surface area contributed by atoms with Crippen molar-refractivity contribution < 1.29 is 19.2 Å². The minimum atomic E-state index is -0.445. The second kappa shape index (κ2) is 8.37. The number of carbonyl (C=O) groups is 1. The molecule has 182 valence electrons. The van der Waals surface area contributed by atoms with E-state index in [9.17, 15) is 14.9 Å². The minimum Gasteiger partial charge on any atom is -0.472 e. The molecule has 3 aliphatic heterocycles. The predicted octanol–water partition coefficient (Wildman–Crippen LogP) is 5.27. The number of H-pyrrole nitrogens is 1. The highest BCUT2D eigenvalue weighted by Crippen LogP contribution is 2.50. The molecule has 3 aliphatic rings. The molecule has 0 radical (unpaired) electrons. The Morgan fingerprint density at radius 3 is 2.80 bits per heavy atom. The molecule has 0 saturated carbocycles. The number of benzene rings is 2. The van der Waals surface area contributed by atoms with Gasteiger partial charge in [-0.3, -0.25) is 15.0 Å². The van der Waals surface area contributed by atoms with Gasteiger partial charge in [0.2, 0.25) is 0 Å². The summed E-state index contributed by atoms with van der Waals surface area (Å²) in [5, 5.41) is 11.8. The van der Waals surface area contributed by atoms with Gasteiger partial charge in [-0.1, -0.05) is 0 Å². The van der Waals surface area contributed by atoms with Crippen LogP contribution in [0.3, 0.4) is 0 Å². The fraction of sp³-hybridized carbons (Fsp3) is 0.444. The molecule has 6 rings (SSSR count). The molecule has 2 saturated heterocycles. The summed E-state index contributed by atoms with van der Waals surface area (Å²) in [5.41, 5.74) is 3.83. The van der Waals surface area contributed by atoms with E-state index >= 15 is 0 Å². The van der Waals surface area contributed by atoms with Gasteiger partial charge in [0.25, 0.3) is 5.69 Å². The summed E-state index contributed by atoms with van der Waals surface area (Å²) >= 11 is 0. The van der Waals surface area contributed by atoms with Gasteiger partial charge in [0.15, 0.2) is 5.72 Å². The lowest BCUT2D eigenvalue weighted by Gasteiger charge is -2.56. The first-order valence-corrected chi connectivity index (χ1v) is 12.4. The topological polar surface area (TPSA) is 97.7 Å². The number of piperidine rings is 2. The second-order valence-corrected chi connectivity index (χ2v) is 10.0. The summed E-state index contributed by atoms with van der Waals surface area (Å²) in [4.78, 5) is 29.6. The molecule has 2 fully saturated rings. The second-order valence-electron chi connectivity index (χ2n) is 10.0. The zero-order valence-electron chi connectivity index (χ0n) is 19.8. The molecule has 2 unspecified atom stereocenters. The van der Waals surface area contributed by atoms with E-state index in [1.54, 1.807) is 12.1 Å². The number of nitro benzene ring substituents is 1. The molecule has 1 spiro atoms. The van der Waals surface area contributed by atoms with Crippen molar-refractivity contribution in [1.82, 2.24) is 9.88 Å². The normalized spacial score (nSPS) is 23.6. The Kier molecular flexibility index (Phi) is 5.29. The Morgan fingerprint density at radius 2 is 2.00 bits per heavy atom. The van der Waals surface area contributed by atoms with E-state index in [0.29, 0.717) is 17.0 Å². The van der Waals surface area contributed by atoms with E-state index in [-0.39, 0.29) is 18.0 Å². The molecule has 8 nitrogen and oxygen atoms in total. The van der Waals surface area contributed by atoms with E-state index in [1.165, 1.54) is 31.4 Å². The number of non-ortho nitro benzene ring substituents is 1. The predicted molar refractivity (Wildman–Crippen MR) is 130 cm³/mol. The lowest BCUT2D eigenvalue weighted by Crippen LogP contribution is -2.64. The van der Waals surface area contributed by atoms with Gasteiger partial charge in [0.1, 0.15) is 12.4 Å². The average molecular weight is 476 g/mol. The number of fused-ring (bicyclic) bond motifs is 3.